The zero-order valence-corrected chi connectivity index (χ0v) is 28.5. The Hall–Kier alpha value is -6.16. The molecule has 0 aliphatic heterocycles. The Bertz CT molecular complexity index is 2700. The quantitative estimate of drug-likeness (QED) is 0.180. The Morgan fingerprint density at radius 3 is 1.84 bits per heavy atom. The van der Waals surface area contributed by atoms with Crippen LogP contribution in [0.1, 0.15) is 12.5 Å². The van der Waals surface area contributed by atoms with E-state index in [0.29, 0.717) is 0 Å². The van der Waals surface area contributed by atoms with Gasteiger partial charge in [-0.15, -0.1) is 11.3 Å². The summed E-state index contributed by atoms with van der Waals surface area (Å²) in [6.07, 6.45) is 4.15. The van der Waals surface area contributed by atoms with Gasteiger partial charge in [0.1, 0.15) is 0 Å². The molecule has 0 aliphatic rings. The Morgan fingerprint density at radius 2 is 1.10 bits per heavy atom. The second kappa shape index (κ2) is 12.4. The van der Waals surface area contributed by atoms with E-state index in [4.69, 9.17) is 5.73 Å². The maximum absolute atomic E-state index is 6.49. The molecule has 0 fully saturated rings. The highest BCUT2D eigenvalue weighted by Gasteiger charge is 2.17. The maximum Gasteiger partial charge on any atom is 0.0942 e. The van der Waals surface area contributed by atoms with Crippen LogP contribution in [0.4, 0.5) is 22.1 Å². The smallest absolute Gasteiger partial charge is 0.0942 e. The molecule has 238 valence electrons. The zero-order chi connectivity index (χ0) is 33.6. The Balaban J connectivity index is 1.20. The maximum atomic E-state index is 6.49. The van der Waals surface area contributed by atoms with Gasteiger partial charge in [0.15, 0.2) is 0 Å². The molecule has 1 heterocycles. The van der Waals surface area contributed by atoms with Gasteiger partial charge in [0.05, 0.1) is 5.00 Å². The number of nitrogens with zero attached hydrogens (tertiary/aromatic N) is 1. The lowest BCUT2D eigenvalue weighted by atomic mass is 9.90. The lowest BCUT2D eigenvalue weighted by Gasteiger charge is -2.26. The molecule has 0 saturated carbocycles. The van der Waals surface area contributed by atoms with Crippen molar-refractivity contribution in [3.05, 3.63) is 175 Å². The molecule has 0 unspecified atom stereocenters. The summed E-state index contributed by atoms with van der Waals surface area (Å²) in [4.78, 5) is 2.34. The van der Waals surface area contributed by atoms with Crippen LogP contribution < -0.4 is 10.6 Å². The molecule has 0 atom stereocenters. The normalized spacial score (nSPS) is 11.7. The summed E-state index contributed by atoms with van der Waals surface area (Å²) >= 11 is 1.64. The van der Waals surface area contributed by atoms with Crippen LogP contribution in [0.2, 0.25) is 0 Å². The second-order valence-corrected chi connectivity index (χ2v) is 13.8. The van der Waals surface area contributed by atoms with Crippen LogP contribution in [-0.2, 0) is 0 Å². The van der Waals surface area contributed by atoms with Gasteiger partial charge in [0, 0.05) is 32.7 Å². The molecule has 0 bridgehead atoms. The average molecular weight is 659 g/mol. The highest BCUT2D eigenvalue weighted by molar-refractivity contribution is 7.23. The summed E-state index contributed by atoms with van der Waals surface area (Å²) in [5.74, 6) is 0. The monoisotopic (exact) mass is 658 g/mol. The van der Waals surface area contributed by atoms with Crippen molar-refractivity contribution in [3.8, 4) is 22.3 Å². The minimum Gasteiger partial charge on any atom is -0.390 e. The SMILES string of the molecule is C/C=C\c1c(N)sc2cc(N(c3ccc(-c4ccccc4)cc3)c3ccc(-c4cc5ccccc5c5ccc6ccccc6c45)cc3)ccc12. The predicted octanol–water partition coefficient (Wildman–Crippen LogP) is 13.8. The molecule has 50 heavy (non-hydrogen) atoms. The van der Waals surface area contributed by atoms with E-state index < -0.39 is 0 Å². The van der Waals surface area contributed by atoms with Crippen LogP contribution in [0.3, 0.4) is 0 Å². The number of anilines is 4. The average Bonchev–Trinajstić information content (AvgIpc) is 3.49. The van der Waals surface area contributed by atoms with E-state index >= 15 is 0 Å². The topological polar surface area (TPSA) is 29.3 Å². The molecule has 0 spiro atoms. The highest BCUT2D eigenvalue weighted by Crippen LogP contribution is 2.43. The van der Waals surface area contributed by atoms with E-state index in [-0.39, 0.29) is 0 Å². The Kier molecular flexibility index (Phi) is 7.41. The predicted molar refractivity (Wildman–Crippen MR) is 219 cm³/mol. The largest absolute Gasteiger partial charge is 0.390 e. The van der Waals surface area contributed by atoms with E-state index in [9.17, 15) is 0 Å². The fraction of sp³-hybridized carbons (Fsp3) is 0.0213. The van der Waals surface area contributed by atoms with Crippen LogP contribution in [0.15, 0.2) is 170 Å². The number of rotatable bonds is 6. The fourth-order valence-electron chi connectivity index (χ4n) is 7.38. The number of nitrogen functional groups attached to an aromatic ring is 1. The summed E-state index contributed by atoms with van der Waals surface area (Å²) < 4.78 is 1.17. The molecule has 8 aromatic carbocycles. The summed E-state index contributed by atoms with van der Waals surface area (Å²) in [7, 11) is 0. The fourth-order valence-corrected chi connectivity index (χ4v) is 8.37. The standard InChI is InChI=1S/C47H34N2S/c1-2-10-43-41-28-26-38(30-45(41)50-47(43)48)49(36-22-17-32(18-23-36)31-11-4-3-5-12-31)37-24-19-34(20-25-37)44-29-35-14-7-8-15-39(35)42-27-21-33-13-6-9-16-40(33)46(42)44/h2-30H,48H2,1H3/b10-2-. The number of allylic oxidation sites excluding steroid dienone is 1. The zero-order valence-electron chi connectivity index (χ0n) is 27.7. The third kappa shape index (κ3) is 5.11. The molecule has 9 rings (SSSR count). The summed E-state index contributed by atoms with van der Waals surface area (Å²) in [5, 5.41) is 9.64. The minimum absolute atomic E-state index is 0.841. The van der Waals surface area contributed by atoms with Gasteiger partial charge >= 0.3 is 0 Å². The molecule has 0 amide bonds. The molecule has 0 saturated heterocycles. The first-order valence-corrected chi connectivity index (χ1v) is 17.8. The van der Waals surface area contributed by atoms with E-state index in [1.54, 1.807) is 11.3 Å². The highest BCUT2D eigenvalue weighted by atomic mass is 32.1. The van der Waals surface area contributed by atoms with Gasteiger partial charge in [0.25, 0.3) is 0 Å². The van der Waals surface area contributed by atoms with E-state index in [2.05, 4.69) is 181 Å². The van der Waals surface area contributed by atoms with Crippen molar-refractivity contribution in [1.29, 1.82) is 0 Å². The van der Waals surface area contributed by atoms with Gasteiger partial charge in [-0.2, -0.15) is 0 Å². The van der Waals surface area contributed by atoms with E-state index in [1.807, 2.05) is 6.92 Å². The Morgan fingerprint density at radius 1 is 0.500 bits per heavy atom. The van der Waals surface area contributed by atoms with Crippen LogP contribution in [0.5, 0.6) is 0 Å². The van der Waals surface area contributed by atoms with Crippen LogP contribution in [-0.4, -0.2) is 0 Å². The molecule has 0 radical (unpaired) electrons. The summed E-state index contributed by atoms with van der Waals surface area (Å²) in [6, 6.07) is 59.5. The third-order valence-electron chi connectivity index (χ3n) is 9.75. The van der Waals surface area contributed by atoms with Gasteiger partial charge in [-0.05, 0) is 104 Å². The molecule has 1 aromatic heterocycles. The second-order valence-electron chi connectivity index (χ2n) is 12.7. The molecule has 2 N–H and O–H groups in total. The summed E-state index contributed by atoms with van der Waals surface area (Å²) in [6.45, 7) is 2.03. The number of hydrogen-bond donors (Lipinski definition) is 1. The third-order valence-corrected chi connectivity index (χ3v) is 10.7. The molecule has 3 heteroatoms. The first kappa shape index (κ1) is 29.9. The van der Waals surface area contributed by atoms with E-state index in [1.165, 1.54) is 64.7 Å². The number of benzene rings is 8. The number of hydrogen-bond acceptors (Lipinski definition) is 3. The van der Waals surface area contributed by atoms with E-state index in [0.717, 1.165) is 27.6 Å². The van der Waals surface area contributed by atoms with Crippen molar-refractivity contribution in [2.24, 2.45) is 0 Å². The van der Waals surface area contributed by atoms with Crippen molar-refractivity contribution in [3.63, 3.8) is 0 Å². The lowest BCUT2D eigenvalue weighted by molar-refractivity contribution is 1.29. The van der Waals surface area contributed by atoms with Gasteiger partial charge < -0.3 is 10.6 Å². The molecular formula is C47H34N2S. The lowest BCUT2D eigenvalue weighted by Crippen LogP contribution is -2.09. The first-order chi connectivity index (χ1) is 24.7. The van der Waals surface area contributed by atoms with Gasteiger partial charge in [-0.25, -0.2) is 0 Å². The molecule has 0 aliphatic carbocycles. The number of nitrogens with two attached hydrogens (primary N) is 1. The molecule has 2 nitrogen and oxygen atoms in total. The van der Waals surface area contributed by atoms with Crippen molar-refractivity contribution < 1.29 is 0 Å². The van der Waals surface area contributed by atoms with Crippen molar-refractivity contribution in [2.45, 2.75) is 6.92 Å². The van der Waals surface area contributed by atoms with Crippen LogP contribution in [0, 0.1) is 0 Å². The number of thiophene rings is 1. The number of fused-ring (bicyclic) bond motifs is 6. The Labute approximate surface area is 296 Å². The van der Waals surface area contributed by atoms with Gasteiger partial charge in [-0.1, -0.05) is 133 Å². The van der Waals surface area contributed by atoms with Crippen molar-refractivity contribution >= 4 is 81.9 Å². The summed E-state index contributed by atoms with van der Waals surface area (Å²) in [5.41, 5.74) is 15.7. The molecular weight excluding hydrogens is 625 g/mol. The first-order valence-electron chi connectivity index (χ1n) is 17.0. The molecule has 9 aromatic rings. The van der Waals surface area contributed by atoms with Gasteiger partial charge in [0.2, 0.25) is 0 Å². The van der Waals surface area contributed by atoms with Crippen molar-refractivity contribution in [2.75, 3.05) is 10.6 Å². The van der Waals surface area contributed by atoms with Crippen molar-refractivity contribution in [1.82, 2.24) is 0 Å². The van der Waals surface area contributed by atoms with Crippen LogP contribution in [0.25, 0.3) is 70.7 Å². The van der Waals surface area contributed by atoms with Crippen LogP contribution >= 0.6 is 11.3 Å². The van der Waals surface area contributed by atoms with Gasteiger partial charge in [-0.3, -0.25) is 0 Å². The minimum atomic E-state index is 0.841.